The molecule has 0 saturated heterocycles. The van der Waals surface area contributed by atoms with Gasteiger partial charge in [0.1, 0.15) is 5.78 Å². The quantitative estimate of drug-likeness (QED) is 0.632. The van der Waals surface area contributed by atoms with Crippen LogP contribution in [0, 0.1) is 0 Å². The van der Waals surface area contributed by atoms with Crippen LogP contribution < -0.4 is 0 Å². The molecule has 0 aromatic heterocycles. The van der Waals surface area contributed by atoms with Crippen LogP contribution in [0.5, 0.6) is 0 Å². The maximum atomic E-state index is 12.3. The Bertz CT molecular complexity index is 359. The first-order valence-electron chi connectivity index (χ1n) is 7.38. The van der Waals surface area contributed by atoms with Gasteiger partial charge in [-0.15, -0.1) is 0 Å². The number of Topliss-reactive ketones (excluding diaryl/α,β-unsaturated/α-hetero) is 1. The van der Waals surface area contributed by atoms with E-state index in [4.69, 9.17) is 0 Å². The topological polar surface area (TPSA) is 20.3 Å². The first-order chi connectivity index (χ1) is 9.15. The Kier molecular flexibility index (Phi) is 7.42. The Hall–Kier alpha value is -1.15. The molecule has 19 heavy (non-hydrogen) atoms. The summed E-state index contributed by atoms with van der Waals surface area (Å²) >= 11 is 0. The van der Waals surface area contributed by atoms with Gasteiger partial charge in [-0.25, -0.2) is 0 Å². The fourth-order valence-corrected chi connectivity index (χ4v) is 2.31. The molecule has 0 spiro atoms. The zero-order valence-corrected chi connectivity index (χ0v) is 12.6. The smallest absolute Gasteiger partial charge is 0.150 e. The Morgan fingerprint density at radius 2 is 1.79 bits per heavy atom. The van der Waals surface area contributed by atoms with Gasteiger partial charge < -0.3 is 0 Å². The van der Waals surface area contributed by atoms with Crippen molar-refractivity contribution in [3.05, 3.63) is 35.9 Å². The Morgan fingerprint density at radius 3 is 2.37 bits per heavy atom. The van der Waals surface area contributed by atoms with Crippen molar-refractivity contribution in [2.24, 2.45) is 0 Å². The predicted octanol–water partition coefficient (Wildman–Crippen LogP) is 3.70. The van der Waals surface area contributed by atoms with Gasteiger partial charge in [0.15, 0.2) is 0 Å². The fraction of sp³-hybridized carbons (Fsp3) is 0.588. The van der Waals surface area contributed by atoms with Gasteiger partial charge in [0.05, 0.1) is 6.04 Å². The third-order valence-electron chi connectivity index (χ3n) is 3.54. The Labute approximate surface area is 117 Å². The molecule has 0 N–H and O–H groups in total. The van der Waals surface area contributed by atoms with E-state index >= 15 is 0 Å². The highest BCUT2D eigenvalue weighted by atomic mass is 16.1. The van der Waals surface area contributed by atoms with Crippen LogP contribution in [0.1, 0.15) is 44.6 Å². The van der Waals surface area contributed by atoms with Gasteiger partial charge in [-0.05, 0) is 32.5 Å². The third-order valence-corrected chi connectivity index (χ3v) is 3.54. The van der Waals surface area contributed by atoms with Gasteiger partial charge in [-0.2, -0.15) is 0 Å². The van der Waals surface area contributed by atoms with E-state index in [9.17, 15) is 4.79 Å². The summed E-state index contributed by atoms with van der Waals surface area (Å²) in [7, 11) is 4.00. The molecule has 0 amide bonds. The van der Waals surface area contributed by atoms with E-state index in [1.807, 2.05) is 32.3 Å². The van der Waals surface area contributed by atoms with Crippen molar-refractivity contribution in [2.75, 3.05) is 14.1 Å². The minimum atomic E-state index is 0.0176. The molecule has 0 aliphatic rings. The highest BCUT2D eigenvalue weighted by molar-refractivity contribution is 5.84. The second kappa shape index (κ2) is 8.87. The van der Waals surface area contributed by atoms with Gasteiger partial charge in [-0.1, -0.05) is 56.5 Å². The summed E-state index contributed by atoms with van der Waals surface area (Å²) in [6, 6.07) is 10.3. The number of carbonyl (C=O) groups is 1. The molecule has 1 unspecified atom stereocenters. The van der Waals surface area contributed by atoms with Gasteiger partial charge in [-0.3, -0.25) is 9.69 Å². The van der Waals surface area contributed by atoms with Crippen LogP contribution in [0.4, 0.5) is 0 Å². The summed E-state index contributed by atoms with van der Waals surface area (Å²) in [5.74, 6) is 0.380. The van der Waals surface area contributed by atoms with Crippen molar-refractivity contribution in [3.63, 3.8) is 0 Å². The summed E-state index contributed by atoms with van der Waals surface area (Å²) in [5, 5.41) is 0. The average Bonchev–Trinajstić information content (AvgIpc) is 2.41. The number of likely N-dealkylation sites (N-methyl/N-ethyl adjacent to an activating group) is 1. The van der Waals surface area contributed by atoms with Crippen LogP contribution in [-0.2, 0) is 11.2 Å². The lowest BCUT2D eigenvalue weighted by Gasteiger charge is -2.23. The number of rotatable bonds is 9. The molecule has 0 aliphatic heterocycles. The molecule has 0 aliphatic carbocycles. The lowest BCUT2D eigenvalue weighted by atomic mass is 9.98. The summed E-state index contributed by atoms with van der Waals surface area (Å²) < 4.78 is 0. The summed E-state index contributed by atoms with van der Waals surface area (Å²) in [6.45, 7) is 2.19. The van der Waals surface area contributed by atoms with Crippen LogP contribution in [-0.4, -0.2) is 30.8 Å². The number of hydrogen-bond acceptors (Lipinski definition) is 2. The van der Waals surface area contributed by atoms with E-state index in [1.54, 1.807) is 0 Å². The van der Waals surface area contributed by atoms with Crippen LogP contribution >= 0.6 is 0 Å². The molecule has 106 valence electrons. The number of unbranched alkanes of at least 4 members (excludes halogenated alkanes) is 3. The van der Waals surface area contributed by atoms with E-state index in [0.717, 1.165) is 19.3 Å². The molecule has 0 fully saturated rings. The first kappa shape index (κ1) is 15.9. The summed E-state index contributed by atoms with van der Waals surface area (Å²) in [5.41, 5.74) is 1.24. The van der Waals surface area contributed by atoms with E-state index in [-0.39, 0.29) is 6.04 Å². The fourth-order valence-electron chi connectivity index (χ4n) is 2.31. The maximum Gasteiger partial charge on any atom is 0.150 e. The third kappa shape index (κ3) is 6.02. The van der Waals surface area contributed by atoms with Crippen LogP contribution in [0.15, 0.2) is 30.3 Å². The highest BCUT2D eigenvalue weighted by Crippen LogP contribution is 2.12. The van der Waals surface area contributed by atoms with Crippen LogP contribution in [0.2, 0.25) is 0 Å². The zero-order chi connectivity index (χ0) is 14.1. The minimum absolute atomic E-state index is 0.0176. The maximum absolute atomic E-state index is 12.3. The number of ketones is 1. The van der Waals surface area contributed by atoms with Gasteiger partial charge in [0, 0.05) is 6.42 Å². The highest BCUT2D eigenvalue weighted by Gasteiger charge is 2.20. The second-order valence-electron chi connectivity index (χ2n) is 5.45. The van der Waals surface area contributed by atoms with Crippen LogP contribution in [0.3, 0.4) is 0 Å². The number of hydrogen-bond donors (Lipinski definition) is 0. The van der Waals surface area contributed by atoms with Crippen molar-refractivity contribution >= 4 is 5.78 Å². The number of nitrogens with zero attached hydrogens (tertiary/aromatic N) is 1. The lowest BCUT2D eigenvalue weighted by molar-refractivity contribution is -0.123. The van der Waals surface area contributed by atoms with Crippen molar-refractivity contribution in [2.45, 2.75) is 51.5 Å². The van der Waals surface area contributed by atoms with Crippen molar-refractivity contribution in [1.29, 1.82) is 0 Å². The molecule has 0 saturated carbocycles. The molecule has 2 heteroatoms. The minimum Gasteiger partial charge on any atom is -0.299 e. The van der Waals surface area contributed by atoms with Crippen molar-refractivity contribution in [1.82, 2.24) is 4.90 Å². The monoisotopic (exact) mass is 261 g/mol. The average molecular weight is 261 g/mol. The molecule has 2 nitrogen and oxygen atoms in total. The predicted molar refractivity (Wildman–Crippen MR) is 81.4 cm³/mol. The van der Waals surface area contributed by atoms with Gasteiger partial charge in [0.25, 0.3) is 0 Å². The number of benzene rings is 1. The Balaban J connectivity index is 2.50. The molecular weight excluding hydrogens is 234 g/mol. The molecule has 1 rings (SSSR count). The van der Waals surface area contributed by atoms with E-state index in [1.165, 1.54) is 24.8 Å². The summed E-state index contributed by atoms with van der Waals surface area (Å²) in [6.07, 6.45) is 6.20. The van der Waals surface area contributed by atoms with E-state index in [0.29, 0.717) is 5.78 Å². The zero-order valence-electron chi connectivity index (χ0n) is 12.6. The first-order valence-corrected chi connectivity index (χ1v) is 7.38. The summed E-state index contributed by atoms with van der Waals surface area (Å²) in [4.78, 5) is 14.4. The number of carbonyl (C=O) groups excluding carboxylic acids is 1. The molecular formula is C17H27NO. The molecule has 1 atom stereocenters. The SMILES string of the molecule is CCCCCCC(=O)C(Cc1ccccc1)N(C)C. The molecule has 0 bridgehead atoms. The van der Waals surface area contributed by atoms with Gasteiger partial charge in [0.2, 0.25) is 0 Å². The lowest BCUT2D eigenvalue weighted by Crippen LogP contribution is -2.37. The van der Waals surface area contributed by atoms with E-state index in [2.05, 4.69) is 24.0 Å². The van der Waals surface area contributed by atoms with Crippen molar-refractivity contribution < 1.29 is 4.79 Å². The van der Waals surface area contributed by atoms with E-state index < -0.39 is 0 Å². The molecule has 1 aromatic carbocycles. The molecule has 1 aromatic rings. The molecule has 0 heterocycles. The largest absolute Gasteiger partial charge is 0.299 e. The normalized spacial score (nSPS) is 12.6. The van der Waals surface area contributed by atoms with Crippen molar-refractivity contribution in [3.8, 4) is 0 Å². The van der Waals surface area contributed by atoms with Gasteiger partial charge >= 0.3 is 0 Å². The van der Waals surface area contributed by atoms with Crippen LogP contribution in [0.25, 0.3) is 0 Å². The standard InChI is InChI=1S/C17H27NO/c1-4-5-6-10-13-17(19)16(18(2)3)14-15-11-8-7-9-12-15/h7-9,11-12,16H,4-6,10,13-14H2,1-3H3. The Morgan fingerprint density at radius 1 is 1.11 bits per heavy atom. The second-order valence-corrected chi connectivity index (χ2v) is 5.45. The molecule has 0 radical (unpaired) electrons.